The highest BCUT2D eigenvalue weighted by Crippen LogP contribution is 2.33. The van der Waals surface area contributed by atoms with Gasteiger partial charge in [0.05, 0.1) is 12.7 Å². The zero-order valence-electron chi connectivity index (χ0n) is 8.83. The van der Waals surface area contributed by atoms with Crippen molar-refractivity contribution in [2.24, 2.45) is 11.8 Å². The van der Waals surface area contributed by atoms with Crippen molar-refractivity contribution in [2.45, 2.75) is 25.4 Å². The minimum atomic E-state index is -0.421. The molecule has 0 bridgehead atoms. The molecule has 1 aliphatic rings. The Morgan fingerprint density at radius 2 is 1.69 bits per heavy atom. The summed E-state index contributed by atoms with van der Waals surface area (Å²) in [4.78, 5) is 22.2. The number of rotatable bonds is 5. The van der Waals surface area contributed by atoms with E-state index in [2.05, 4.69) is 6.58 Å². The monoisotopic (exact) mass is 264 g/mol. The van der Waals surface area contributed by atoms with Gasteiger partial charge in [0, 0.05) is 11.8 Å². The van der Waals surface area contributed by atoms with Crippen molar-refractivity contribution in [3.63, 3.8) is 0 Å². The Hall–Kier alpha value is -0.380. The zero-order valence-corrected chi connectivity index (χ0v) is 10.3. The predicted molar refractivity (Wildman–Crippen MR) is 62.5 cm³/mol. The first-order chi connectivity index (χ1) is 7.54. The lowest BCUT2D eigenvalue weighted by molar-refractivity contribution is -0.123. The lowest BCUT2D eigenvalue weighted by atomic mass is 9.81. The molecular formula is C11H14Cl2O3. The molecule has 2 atom stereocenters. The van der Waals surface area contributed by atoms with E-state index in [1.165, 1.54) is 0 Å². The van der Waals surface area contributed by atoms with E-state index in [-0.39, 0.29) is 17.9 Å². The van der Waals surface area contributed by atoms with E-state index in [1.54, 1.807) is 6.08 Å². The lowest BCUT2D eigenvalue weighted by Crippen LogP contribution is -2.33. The highest BCUT2D eigenvalue weighted by atomic mass is 35.5. The van der Waals surface area contributed by atoms with Crippen LogP contribution in [0.2, 0.25) is 0 Å². The van der Waals surface area contributed by atoms with E-state index >= 15 is 0 Å². The minimum Gasteiger partial charge on any atom is -0.374 e. The standard InChI is InChI=1S/C11H14Cl2O3/c1-2-3-16-9-5-7(10(12)14)4-8(6-9)11(13)15/h2,7-9H,1,3-6H2. The van der Waals surface area contributed by atoms with Crippen LogP contribution in [-0.2, 0) is 14.3 Å². The molecule has 5 heteroatoms. The Morgan fingerprint density at radius 1 is 1.19 bits per heavy atom. The van der Waals surface area contributed by atoms with Crippen molar-refractivity contribution >= 4 is 33.7 Å². The quantitative estimate of drug-likeness (QED) is 0.566. The molecule has 0 spiro atoms. The third-order valence-corrected chi connectivity index (χ3v) is 3.37. The van der Waals surface area contributed by atoms with Crippen LogP contribution in [0.15, 0.2) is 12.7 Å². The summed E-state index contributed by atoms with van der Waals surface area (Å²) < 4.78 is 5.45. The van der Waals surface area contributed by atoms with Crippen molar-refractivity contribution in [3.8, 4) is 0 Å². The maximum absolute atomic E-state index is 11.1. The van der Waals surface area contributed by atoms with Crippen LogP contribution in [0, 0.1) is 11.8 Å². The minimum absolute atomic E-state index is 0.146. The molecule has 0 N–H and O–H groups in total. The van der Waals surface area contributed by atoms with Gasteiger partial charge in [0.25, 0.3) is 0 Å². The van der Waals surface area contributed by atoms with Crippen LogP contribution in [0.5, 0.6) is 0 Å². The van der Waals surface area contributed by atoms with E-state index in [4.69, 9.17) is 27.9 Å². The molecule has 90 valence electrons. The summed E-state index contributed by atoms with van der Waals surface area (Å²) in [6.07, 6.45) is 3.02. The van der Waals surface area contributed by atoms with Crippen LogP contribution >= 0.6 is 23.2 Å². The molecule has 0 amide bonds. The van der Waals surface area contributed by atoms with Crippen LogP contribution in [0.25, 0.3) is 0 Å². The topological polar surface area (TPSA) is 43.4 Å². The zero-order chi connectivity index (χ0) is 12.1. The lowest BCUT2D eigenvalue weighted by Gasteiger charge is -2.31. The fourth-order valence-electron chi connectivity index (χ4n) is 1.98. The first-order valence-electron chi connectivity index (χ1n) is 5.15. The molecule has 0 aromatic carbocycles. The number of carbonyl (C=O) groups excluding carboxylic acids is 2. The van der Waals surface area contributed by atoms with Gasteiger partial charge in [-0.3, -0.25) is 9.59 Å². The second-order valence-corrected chi connectivity index (χ2v) is 4.70. The molecule has 16 heavy (non-hydrogen) atoms. The van der Waals surface area contributed by atoms with Gasteiger partial charge in [-0.1, -0.05) is 6.08 Å². The predicted octanol–water partition coefficient (Wildman–Crippen LogP) is 2.50. The second kappa shape index (κ2) is 6.38. The average Bonchev–Trinajstić information content (AvgIpc) is 2.25. The summed E-state index contributed by atoms with van der Waals surface area (Å²) in [7, 11) is 0. The van der Waals surface area contributed by atoms with Gasteiger partial charge in [-0.2, -0.15) is 0 Å². The van der Waals surface area contributed by atoms with Gasteiger partial charge in [0.2, 0.25) is 10.5 Å². The van der Waals surface area contributed by atoms with E-state index < -0.39 is 10.5 Å². The normalized spacial score (nSPS) is 29.8. The van der Waals surface area contributed by atoms with Crippen molar-refractivity contribution in [1.29, 1.82) is 0 Å². The van der Waals surface area contributed by atoms with Gasteiger partial charge in [-0.15, -0.1) is 6.58 Å². The maximum atomic E-state index is 11.1. The number of halogens is 2. The highest BCUT2D eigenvalue weighted by Gasteiger charge is 2.35. The summed E-state index contributed by atoms with van der Waals surface area (Å²) in [6, 6.07) is 0. The average molecular weight is 265 g/mol. The largest absolute Gasteiger partial charge is 0.374 e. The van der Waals surface area contributed by atoms with E-state index in [1.807, 2.05) is 0 Å². The van der Waals surface area contributed by atoms with Gasteiger partial charge in [-0.25, -0.2) is 0 Å². The summed E-state index contributed by atoms with van der Waals surface area (Å²) in [6.45, 7) is 3.94. The summed E-state index contributed by atoms with van der Waals surface area (Å²) in [5.41, 5.74) is 0. The van der Waals surface area contributed by atoms with E-state index in [0.29, 0.717) is 25.9 Å². The number of carbonyl (C=O) groups is 2. The van der Waals surface area contributed by atoms with Gasteiger partial charge >= 0.3 is 0 Å². The second-order valence-electron chi connectivity index (χ2n) is 3.95. The van der Waals surface area contributed by atoms with Crippen molar-refractivity contribution in [1.82, 2.24) is 0 Å². The van der Waals surface area contributed by atoms with Crippen LogP contribution in [-0.4, -0.2) is 23.2 Å². The SMILES string of the molecule is C=CCOC1CC(C(=O)Cl)CC(C(=O)Cl)C1. The van der Waals surface area contributed by atoms with Gasteiger partial charge in [0.15, 0.2) is 0 Å². The Bertz CT molecular complexity index is 269. The van der Waals surface area contributed by atoms with Crippen LogP contribution in [0.3, 0.4) is 0 Å². The third kappa shape index (κ3) is 3.89. The molecule has 0 aliphatic heterocycles. The Kier molecular flexibility index (Phi) is 5.46. The first kappa shape index (κ1) is 13.7. The van der Waals surface area contributed by atoms with Crippen molar-refractivity contribution in [3.05, 3.63) is 12.7 Å². The van der Waals surface area contributed by atoms with Crippen LogP contribution in [0.1, 0.15) is 19.3 Å². The fourth-order valence-corrected chi connectivity index (χ4v) is 2.33. The number of hydrogen-bond acceptors (Lipinski definition) is 3. The Morgan fingerprint density at radius 3 is 2.06 bits per heavy atom. The van der Waals surface area contributed by atoms with Crippen LogP contribution < -0.4 is 0 Å². The molecule has 1 fully saturated rings. The van der Waals surface area contributed by atoms with Crippen molar-refractivity contribution < 1.29 is 14.3 Å². The van der Waals surface area contributed by atoms with Gasteiger partial charge in [-0.05, 0) is 42.5 Å². The maximum Gasteiger partial charge on any atom is 0.224 e. The number of ether oxygens (including phenoxy) is 1. The molecule has 1 rings (SSSR count). The van der Waals surface area contributed by atoms with E-state index in [0.717, 1.165) is 0 Å². The fraction of sp³-hybridized carbons (Fsp3) is 0.636. The van der Waals surface area contributed by atoms with Crippen LogP contribution in [0.4, 0.5) is 0 Å². The molecule has 2 unspecified atom stereocenters. The molecule has 0 heterocycles. The van der Waals surface area contributed by atoms with Gasteiger partial charge < -0.3 is 4.74 Å². The summed E-state index contributed by atoms with van der Waals surface area (Å²) >= 11 is 10.9. The Balaban J connectivity index is 2.62. The molecule has 0 saturated heterocycles. The molecule has 0 aromatic rings. The van der Waals surface area contributed by atoms with E-state index in [9.17, 15) is 9.59 Å². The molecule has 1 saturated carbocycles. The number of hydrogen-bond donors (Lipinski definition) is 0. The third-order valence-electron chi connectivity index (χ3n) is 2.76. The smallest absolute Gasteiger partial charge is 0.224 e. The molecule has 1 aliphatic carbocycles. The summed E-state index contributed by atoms with van der Waals surface area (Å²) in [5, 5.41) is -0.843. The molecule has 0 radical (unpaired) electrons. The molecule has 3 nitrogen and oxygen atoms in total. The van der Waals surface area contributed by atoms with Gasteiger partial charge in [0.1, 0.15) is 0 Å². The Labute approximate surface area is 105 Å². The summed E-state index contributed by atoms with van der Waals surface area (Å²) in [5.74, 6) is -0.670. The molecule has 0 aromatic heterocycles. The molecular weight excluding hydrogens is 251 g/mol. The van der Waals surface area contributed by atoms with Crippen molar-refractivity contribution in [2.75, 3.05) is 6.61 Å². The first-order valence-corrected chi connectivity index (χ1v) is 5.91. The highest BCUT2D eigenvalue weighted by molar-refractivity contribution is 6.64.